The summed E-state index contributed by atoms with van der Waals surface area (Å²) >= 11 is 12.0. The standard InChI is InChI=1S/C12H18Cl2N4O/c1-4-15-11-8(13)5-9(14)12(18-11)16-6-10(19)17-7(2)3/h5,7H,4,6H2,1-3H3,(H,17,19)(H2,15,16,18). The molecule has 1 rings (SSSR count). The van der Waals surface area contributed by atoms with Crippen molar-refractivity contribution in [2.24, 2.45) is 0 Å². The summed E-state index contributed by atoms with van der Waals surface area (Å²) in [5.74, 6) is 0.856. The molecule has 0 saturated carbocycles. The molecule has 0 spiro atoms. The second-order valence-electron chi connectivity index (χ2n) is 4.26. The Balaban J connectivity index is 2.72. The number of amides is 1. The van der Waals surface area contributed by atoms with Crippen molar-refractivity contribution >= 4 is 40.7 Å². The van der Waals surface area contributed by atoms with Gasteiger partial charge in [-0.1, -0.05) is 23.2 Å². The van der Waals surface area contributed by atoms with E-state index >= 15 is 0 Å². The Morgan fingerprint density at radius 1 is 1.26 bits per heavy atom. The van der Waals surface area contributed by atoms with Gasteiger partial charge in [0.2, 0.25) is 5.91 Å². The summed E-state index contributed by atoms with van der Waals surface area (Å²) in [7, 11) is 0. The number of aromatic nitrogens is 1. The van der Waals surface area contributed by atoms with Crippen molar-refractivity contribution in [2.75, 3.05) is 23.7 Å². The highest BCUT2D eigenvalue weighted by Crippen LogP contribution is 2.28. The Bertz CT molecular complexity index is 452. The highest BCUT2D eigenvalue weighted by Gasteiger charge is 2.10. The number of hydrogen-bond donors (Lipinski definition) is 3. The van der Waals surface area contributed by atoms with Crippen LogP contribution in [-0.2, 0) is 4.79 Å². The van der Waals surface area contributed by atoms with Gasteiger partial charge in [0.05, 0.1) is 16.6 Å². The van der Waals surface area contributed by atoms with Crippen LogP contribution in [0.25, 0.3) is 0 Å². The van der Waals surface area contributed by atoms with E-state index in [-0.39, 0.29) is 18.5 Å². The van der Waals surface area contributed by atoms with E-state index in [1.165, 1.54) is 0 Å². The fourth-order valence-electron chi connectivity index (χ4n) is 1.42. The van der Waals surface area contributed by atoms with Gasteiger partial charge in [0.15, 0.2) is 0 Å². The molecule has 1 amide bonds. The molecule has 7 heteroatoms. The number of pyridine rings is 1. The second kappa shape index (κ2) is 7.40. The second-order valence-corrected chi connectivity index (χ2v) is 5.07. The van der Waals surface area contributed by atoms with Crippen molar-refractivity contribution in [1.29, 1.82) is 0 Å². The van der Waals surface area contributed by atoms with Crippen LogP contribution >= 0.6 is 23.2 Å². The van der Waals surface area contributed by atoms with Crippen LogP contribution in [0.1, 0.15) is 20.8 Å². The lowest BCUT2D eigenvalue weighted by Crippen LogP contribution is -2.35. The van der Waals surface area contributed by atoms with Gasteiger partial charge in [-0.05, 0) is 26.8 Å². The van der Waals surface area contributed by atoms with Gasteiger partial charge in [0.1, 0.15) is 11.6 Å². The summed E-state index contributed by atoms with van der Waals surface area (Å²) < 4.78 is 0. The van der Waals surface area contributed by atoms with Crippen LogP contribution in [0.4, 0.5) is 11.6 Å². The molecule has 0 radical (unpaired) electrons. The van der Waals surface area contributed by atoms with Crippen LogP contribution in [0, 0.1) is 0 Å². The van der Waals surface area contributed by atoms with Gasteiger partial charge >= 0.3 is 0 Å². The van der Waals surface area contributed by atoms with Gasteiger partial charge < -0.3 is 16.0 Å². The molecule has 3 N–H and O–H groups in total. The Labute approximate surface area is 123 Å². The Hall–Kier alpha value is -1.20. The largest absolute Gasteiger partial charge is 0.369 e. The number of nitrogens with zero attached hydrogens (tertiary/aromatic N) is 1. The number of anilines is 2. The van der Waals surface area contributed by atoms with E-state index in [1.807, 2.05) is 20.8 Å². The molecule has 0 bridgehead atoms. The Morgan fingerprint density at radius 3 is 2.37 bits per heavy atom. The third-order valence-corrected chi connectivity index (χ3v) is 2.72. The van der Waals surface area contributed by atoms with Crippen molar-refractivity contribution in [3.8, 4) is 0 Å². The minimum Gasteiger partial charge on any atom is -0.369 e. The van der Waals surface area contributed by atoms with Crippen molar-refractivity contribution < 1.29 is 4.79 Å². The topological polar surface area (TPSA) is 66.0 Å². The summed E-state index contributed by atoms with van der Waals surface area (Å²) in [6.45, 7) is 6.54. The predicted molar refractivity (Wildman–Crippen MR) is 80.2 cm³/mol. The van der Waals surface area contributed by atoms with Gasteiger partial charge in [0.25, 0.3) is 0 Å². The zero-order valence-corrected chi connectivity index (χ0v) is 12.7. The van der Waals surface area contributed by atoms with Crippen LogP contribution in [0.15, 0.2) is 6.07 Å². The van der Waals surface area contributed by atoms with Crippen LogP contribution in [0.5, 0.6) is 0 Å². The van der Waals surface area contributed by atoms with Crippen LogP contribution in [-0.4, -0.2) is 30.0 Å². The average Bonchev–Trinajstić information content (AvgIpc) is 2.30. The number of nitrogens with one attached hydrogen (secondary N) is 3. The first-order chi connectivity index (χ1) is 8.93. The van der Waals surface area contributed by atoms with Crippen molar-refractivity contribution in [3.63, 3.8) is 0 Å². The van der Waals surface area contributed by atoms with Crippen molar-refractivity contribution in [1.82, 2.24) is 10.3 Å². The molecule has 19 heavy (non-hydrogen) atoms. The molecule has 0 fully saturated rings. The SMILES string of the molecule is CCNc1nc(NCC(=O)NC(C)C)c(Cl)cc1Cl. The third kappa shape index (κ3) is 5.12. The highest BCUT2D eigenvalue weighted by atomic mass is 35.5. The zero-order chi connectivity index (χ0) is 14.4. The summed E-state index contributed by atoms with van der Waals surface area (Å²) in [5.41, 5.74) is 0. The molecular weight excluding hydrogens is 287 g/mol. The molecular formula is C12H18Cl2N4O. The molecule has 5 nitrogen and oxygen atoms in total. The first-order valence-corrected chi connectivity index (χ1v) is 6.82. The molecule has 1 heterocycles. The molecule has 0 aliphatic heterocycles. The fraction of sp³-hybridized carbons (Fsp3) is 0.500. The molecule has 0 aliphatic rings. The van der Waals surface area contributed by atoms with E-state index in [2.05, 4.69) is 20.9 Å². The minimum atomic E-state index is -0.118. The molecule has 106 valence electrons. The van der Waals surface area contributed by atoms with Gasteiger partial charge in [-0.3, -0.25) is 4.79 Å². The highest BCUT2D eigenvalue weighted by molar-refractivity contribution is 6.37. The van der Waals surface area contributed by atoms with Crippen LogP contribution in [0.2, 0.25) is 10.0 Å². The van der Waals surface area contributed by atoms with Crippen molar-refractivity contribution in [3.05, 3.63) is 16.1 Å². The summed E-state index contributed by atoms with van der Waals surface area (Å²) in [5, 5.41) is 9.51. The van der Waals surface area contributed by atoms with Crippen molar-refractivity contribution in [2.45, 2.75) is 26.8 Å². The lowest BCUT2D eigenvalue weighted by atomic mass is 10.4. The fourth-order valence-corrected chi connectivity index (χ4v) is 1.91. The molecule has 0 aromatic carbocycles. The normalized spacial score (nSPS) is 10.4. The van der Waals surface area contributed by atoms with Gasteiger partial charge in [0, 0.05) is 12.6 Å². The first kappa shape index (κ1) is 15.9. The Morgan fingerprint density at radius 2 is 1.84 bits per heavy atom. The number of halogens is 2. The average molecular weight is 305 g/mol. The molecule has 0 aliphatic carbocycles. The monoisotopic (exact) mass is 304 g/mol. The molecule has 1 aromatic heterocycles. The number of carbonyl (C=O) groups is 1. The van der Waals surface area contributed by atoms with E-state index in [9.17, 15) is 4.79 Å². The first-order valence-electron chi connectivity index (χ1n) is 6.07. The smallest absolute Gasteiger partial charge is 0.239 e. The maximum Gasteiger partial charge on any atom is 0.239 e. The number of rotatable bonds is 6. The van der Waals surface area contributed by atoms with Crippen LogP contribution in [0.3, 0.4) is 0 Å². The van der Waals surface area contributed by atoms with Gasteiger partial charge in [-0.15, -0.1) is 0 Å². The Kier molecular flexibility index (Phi) is 6.18. The molecule has 1 aromatic rings. The summed E-state index contributed by atoms with van der Waals surface area (Å²) in [6.07, 6.45) is 0. The maximum atomic E-state index is 11.5. The van der Waals surface area contributed by atoms with Crippen LogP contribution < -0.4 is 16.0 Å². The molecule has 0 atom stereocenters. The number of hydrogen-bond acceptors (Lipinski definition) is 4. The van der Waals surface area contributed by atoms with E-state index < -0.39 is 0 Å². The minimum absolute atomic E-state index is 0.0975. The van der Waals surface area contributed by atoms with E-state index in [0.29, 0.717) is 28.2 Å². The molecule has 0 saturated heterocycles. The zero-order valence-electron chi connectivity index (χ0n) is 11.2. The third-order valence-electron chi connectivity index (χ3n) is 2.14. The predicted octanol–water partition coefficient (Wildman–Crippen LogP) is 2.76. The van der Waals surface area contributed by atoms with Gasteiger partial charge in [-0.2, -0.15) is 0 Å². The summed E-state index contributed by atoms with van der Waals surface area (Å²) in [6, 6.07) is 1.69. The van der Waals surface area contributed by atoms with E-state index in [4.69, 9.17) is 23.2 Å². The lowest BCUT2D eigenvalue weighted by Gasteiger charge is -2.12. The lowest BCUT2D eigenvalue weighted by molar-refractivity contribution is -0.119. The van der Waals surface area contributed by atoms with E-state index in [1.54, 1.807) is 6.07 Å². The van der Waals surface area contributed by atoms with Gasteiger partial charge in [-0.25, -0.2) is 4.98 Å². The molecule has 0 unspecified atom stereocenters. The summed E-state index contributed by atoms with van der Waals surface area (Å²) in [4.78, 5) is 15.8. The number of carbonyl (C=O) groups excluding carboxylic acids is 1. The van der Waals surface area contributed by atoms with E-state index in [0.717, 1.165) is 0 Å². The maximum absolute atomic E-state index is 11.5. The quantitative estimate of drug-likeness (QED) is 0.756.